The Kier molecular flexibility index (Phi) is 7.39. The van der Waals surface area contributed by atoms with Crippen molar-refractivity contribution >= 4 is 40.2 Å². The van der Waals surface area contributed by atoms with E-state index >= 15 is 0 Å². The number of nitrogens with zero attached hydrogens (tertiary/aromatic N) is 4. The number of nitrogens with one attached hydrogen (secondary N) is 2. The summed E-state index contributed by atoms with van der Waals surface area (Å²) in [5.41, 5.74) is 2.59. The standard InChI is InChI=1S/C28H34N6O3/c1-19-8-7-12-29-26(19)32-28(30-22-10-11-24-21(17-22)16-20(2)37-24)31-23-9-3-4-15-34(27(23)36)18-25(35)33-13-5-6-14-33/h7-8,10-12,16-17,23H,3-6,9,13-15,18H2,1-2H3,(H2,29,30,31,32)/t23-/m0/s1. The molecule has 2 aliphatic heterocycles. The molecule has 4 heterocycles. The first-order chi connectivity index (χ1) is 18.0. The normalized spacial score (nSPS) is 18.8. The molecule has 1 atom stereocenters. The Labute approximate surface area is 216 Å². The second-order valence-corrected chi connectivity index (χ2v) is 9.87. The molecule has 5 rings (SSSR count). The van der Waals surface area contributed by atoms with Gasteiger partial charge < -0.3 is 24.9 Å². The maximum Gasteiger partial charge on any atom is 0.247 e. The number of pyridine rings is 1. The number of anilines is 2. The van der Waals surface area contributed by atoms with Gasteiger partial charge in [0.15, 0.2) is 0 Å². The Morgan fingerprint density at radius 1 is 1.08 bits per heavy atom. The Morgan fingerprint density at radius 3 is 2.70 bits per heavy atom. The van der Waals surface area contributed by atoms with Crippen LogP contribution in [0.25, 0.3) is 11.0 Å². The molecule has 194 valence electrons. The number of aryl methyl sites for hydroxylation is 2. The van der Waals surface area contributed by atoms with Gasteiger partial charge in [0.1, 0.15) is 23.2 Å². The number of furan rings is 1. The number of aliphatic imine (C=N–C) groups is 1. The summed E-state index contributed by atoms with van der Waals surface area (Å²) in [4.78, 5) is 39.2. The van der Waals surface area contributed by atoms with Gasteiger partial charge in [0, 0.05) is 36.9 Å². The number of hydrogen-bond acceptors (Lipinski definition) is 5. The van der Waals surface area contributed by atoms with E-state index in [1.54, 1.807) is 11.1 Å². The lowest BCUT2D eigenvalue weighted by Gasteiger charge is -2.25. The van der Waals surface area contributed by atoms with Crippen molar-refractivity contribution in [1.82, 2.24) is 14.8 Å². The topological polar surface area (TPSA) is 103 Å². The zero-order valence-corrected chi connectivity index (χ0v) is 21.5. The molecule has 2 fully saturated rings. The van der Waals surface area contributed by atoms with Crippen LogP contribution in [0, 0.1) is 13.8 Å². The van der Waals surface area contributed by atoms with E-state index in [9.17, 15) is 9.59 Å². The minimum absolute atomic E-state index is 0.0276. The van der Waals surface area contributed by atoms with Gasteiger partial charge in [-0.05, 0) is 81.8 Å². The van der Waals surface area contributed by atoms with Gasteiger partial charge in [0.25, 0.3) is 0 Å². The average Bonchev–Trinajstić information content (AvgIpc) is 3.51. The predicted molar refractivity (Wildman–Crippen MR) is 145 cm³/mol. The third kappa shape index (κ3) is 5.93. The van der Waals surface area contributed by atoms with Crippen LogP contribution in [0.5, 0.6) is 0 Å². The summed E-state index contributed by atoms with van der Waals surface area (Å²) in [6, 6.07) is 11.1. The van der Waals surface area contributed by atoms with Crippen LogP contribution in [-0.4, -0.2) is 64.8 Å². The summed E-state index contributed by atoms with van der Waals surface area (Å²) in [6.07, 6.45) is 6.13. The number of amides is 2. The monoisotopic (exact) mass is 502 g/mol. The second kappa shape index (κ2) is 11.0. The average molecular weight is 503 g/mol. The summed E-state index contributed by atoms with van der Waals surface area (Å²) >= 11 is 0. The van der Waals surface area contributed by atoms with E-state index in [4.69, 9.17) is 9.41 Å². The predicted octanol–water partition coefficient (Wildman–Crippen LogP) is 4.33. The summed E-state index contributed by atoms with van der Waals surface area (Å²) < 4.78 is 5.70. The molecule has 9 heteroatoms. The minimum Gasteiger partial charge on any atom is -0.461 e. The maximum atomic E-state index is 13.5. The molecule has 2 N–H and O–H groups in total. The molecule has 2 aliphatic rings. The Bertz CT molecular complexity index is 1310. The van der Waals surface area contributed by atoms with Gasteiger partial charge in [-0.3, -0.25) is 9.59 Å². The SMILES string of the molecule is Cc1cc2cc(NC(=N[C@H]3CCCCN(CC(=O)N4CCCC4)C3=O)Nc3ncccc3C)ccc2o1. The van der Waals surface area contributed by atoms with Gasteiger partial charge in [0.2, 0.25) is 17.8 Å². The molecule has 0 unspecified atom stereocenters. The zero-order chi connectivity index (χ0) is 25.8. The number of rotatable bonds is 5. The van der Waals surface area contributed by atoms with Crippen LogP contribution in [-0.2, 0) is 9.59 Å². The number of aromatic nitrogens is 1. The van der Waals surface area contributed by atoms with E-state index in [2.05, 4.69) is 15.6 Å². The van der Waals surface area contributed by atoms with Crippen molar-refractivity contribution in [3.63, 3.8) is 0 Å². The molecule has 0 saturated carbocycles. The Hall–Kier alpha value is -3.88. The first-order valence-electron chi connectivity index (χ1n) is 13.1. The van der Waals surface area contributed by atoms with E-state index < -0.39 is 6.04 Å². The maximum absolute atomic E-state index is 13.5. The quantitative estimate of drug-likeness (QED) is 0.398. The lowest BCUT2D eigenvalue weighted by molar-refractivity contribution is -0.140. The van der Waals surface area contributed by atoms with Gasteiger partial charge in [0.05, 0.1) is 6.54 Å². The molecule has 2 saturated heterocycles. The number of fused-ring (bicyclic) bond motifs is 1. The number of guanidine groups is 1. The molecular weight excluding hydrogens is 468 g/mol. The molecule has 9 nitrogen and oxygen atoms in total. The Morgan fingerprint density at radius 2 is 1.89 bits per heavy atom. The van der Waals surface area contributed by atoms with Crippen molar-refractivity contribution in [2.24, 2.45) is 4.99 Å². The molecule has 37 heavy (non-hydrogen) atoms. The third-order valence-corrected chi connectivity index (χ3v) is 6.97. The molecule has 2 aromatic heterocycles. The van der Waals surface area contributed by atoms with Crippen molar-refractivity contribution in [3.8, 4) is 0 Å². The van der Waals surface area contributed by atoms with Crippen molar-refractivity contribution in [2.45, 2.75) is 52.0 Å². The fourth-order valence-electron chi connectivity index (χ4n) is 4.96. The van der Waals surface area contributed by atoms with Crippen molar-refractivity contribution in [2.75, 3.05) is 36.8 Å². The van der Waals surface area contributed by atoms with E-state index in [0.717, 1.165) is 66.8 Å². The number of hydrogen-bond donors (Lipinski definition) is 2. The highest BCUT2D eigenvalue weighted by atomic mass is 16.3. The minimum atomic E-state index is -0.590. The fraction of sp³-hybridized carbons (Fsp3) is 0.429. The van der Waals surface area contributed by atoms with Crippen molar-refractivity contribution in [3.05, 3.63) is 53.9 Å². The number of likely N-dealkylation sites (tertiary alicyclic amines) is 2. The van der Waals surface area contributed by atoms with E-state index in [1.165, 1.54) is 0 Å². The molecule has 0 spiro atoms. The number of benzene rings is 1. The largest absolute Gasteiger partial charge is 0.461 e. The van der Waals surface area contributed by atoms with Crippen LogP contribution in [0.4, 0.5) is 11.5 Å². The number of carbonyl (C=O) groups is 2. The number of carbonyl (C=O) groups excluding carboxylic acids is 2. The summed E-state index contributed by atoms with van der Waals surface area (Å²) in [7, 11) is 0. The van der Waals surface area contributed by atoms with E-state index in [-0.39, 0.29) is 18.4 Å². The molecule has 0 radical (unpaired) electrons. The first kappa shape index (κ1) is 24.8. The van der Waals surface area contributed by atoms with E-state index in [1.807, 2.05) is 55.1 Å². The van der Waals surface area contributed by atoms with Gasteiger partial charge in [-0.25, -0.2) is 9.98 Å². The highest BCUT2D eigenvalue weighted by Gasteiger charge is 2.30. The molecule has 3 aromatic rings. The molecule has 0 bridgehead atoms. The highest BCUT2D eigenvalue weighted by Crippen LogP contribution is 2.24. The van der Waals surface area contributed by atoms with Gasteiger partial charge in [-0.15, -0.1) is 0 Å². The lowest BCUT2D eigenvalue weighted by atomic mass is 10.1. The molecule has 0 aliphatic carbocycles. The first-order valence-corrected chi connectivity index (χ1v) is 13.1. The zero-order valence-electron chi connectivity index (χ0n) is 21.5. The smallest absolute Gasteiger partial charge is 0.247 e. The summed E-state index contributed by atoms with van der Waals surface area (Å²) in [5.74, 6) is 1.86. The van der Waals surface area contributed by atoms with Crippen LogP contribution in [0.1, 0.15) is 43.4 Å². The second-order valence-electron chi connectivity index (χ2n) is 9.87. The van der Waals surface area contributed by atoms with Gasteiger partial charge >= 0.3 is 0 Å². The van der Waals surface area contributed by atoms with Gasteiger partial charge in [-0.2, -0.15) is 0 Å². The van der Waals surface area contributed by atoms with Crippen LogP contribution >= 0.6 is 0 Å². The fourth-order valence-corrected chi connectivity index (χ4v) is 4.96. The summed E-state index contributed by atoms with van der Waals surface area (Å²) in [6.45, 7) is 6.15. The van der Waals surface area contributed by atoms with Crippen LogP contribution in [0.15, 0.2) is 52.0 Å². The summed E-state index contributed by atoms with van der Waals surface area (Å²) in [5, 5.41) is 7.63. The van der Waals surface area contributed by atoms with Crippen LogP contribution < -0.4 is 10.6 Å². The lowest BCUT2D eigenvalue weighted by Crippen LogP contribution is -2.45. The van der Waals surface area contributed by atoms with Crippen LogP contribution in [0.2, 0.25) is 0 Å². The Balaban J connectivity index is 1.40. The van der Waals surface area contributed by atoms with Crippen molar-refractivity contribution in [1.29, 1.82) is 0 Å². The third-order valence-electron chi connectivity index (χ3n) is 6.97. The molecule has 2 amide bonds. The van der Waals surface area contributed by atoms with Crippen LogP contribution in [0.3, 0.4) is 0 Å². The van der Waals surface area contributed by atoms with Crippen molar-refractivity contribution < 1.29 is 14.0 Å². The molecular formula is C28H34N6O3. The highest BCUT2D eigenvalue weighted by molar-refractivity contribution is 6.05. The molecule has 1 aromatic carbocycles. The van der Waals surface area contributed by atoms with Gasteiger partial charge in [-0.1, -0.05) is 6.07 Å². The van der Waals surface area contributed by atoms with E-state index in [0.29, 0.717) is 24.7 Å².